The molecular weight excluding hydrogens is 271 g/mol. The molecule has 1 saturated heterocycles. The van der Waals surface area contributed by atoms with Crippen molar-refractivity contribution in [2.45, 2.75) is 19.8 Å². The van der Waals surface area contributed by atoms with E-state index in [2.05, 4.69) is 12.2 Å². The molecule has 0 aromatic heterocycles. The number of urea groups is 1. The van der Waals surface area contributed by atoms with Crippen LogP contribution in [0.5, 0.6) is 0 Å². The molecule has 1 aromatic rings. The molecule has 2 rings (SSSR count). The first-order valence-electron chi connectivity index (χ1n) is 6.07. The van der Waals surface area contributed by atoms with E-state index < -0.39 is 0 Å². The van der Waals surface area contributed by atoms with Gasteiger partial charge in [0.25, 0.3) is 0 Å². The zero-order valence-corrected chi connectivity index (χ0v) is 11.8. The molecule has 18 heavy (non-hydrogen) atoms. The third kappa shape index (κ3) is 3.30. The Kier molecular flexibility index (Phi) is 4.36. The van der Waals surface area contributed by atoms with Crippen molar-refractivity contribution in [3.8, 4) is 0 Å². The van der Waals surface area contributed by atoms with E-state index >= 15 is 0 Å². The molecule has 1 N–H and O–H groups in total. The SMILES string of the molecule is CC1CCCN(C(=O)Nc2ccc(Cl)cc2Cl)C1. The van der Waals surface area contributed by atoms with E-state index in [1.807, 2.05) is 4.90 Å². The third-order valence-electron chi connectivity index (χ3n) is 3.12. The fourth-order valence-electron chi connectivity index (χ4n) is 2.16. The van der Waals surface area contributed by atoms with Crippen LogP contribution in [-0.2, 0) is 0 Å². The van der Waals surface area contributed by atoms with Gasteiger partial charge in [-0.1, -0.05) is 30.1 Å². The number of carbonyl (C=O) groups excluding carboxylic acids is 1. The lowest BCUT2D eigenvalue weighted by Crippen LogP contribution is -2.41. The van der Waals surface area contributed by atoms with Crippen LogP contribution in [0.4, 0.5) is 10.5 Å². The number of nitrogens with one attached hydrogen (secondary N) is 1. The summed E-state index contributed by atoms with van der Waals surface area (Å²) < 4.78 is 0. The Hall–Kier alpha value is -0.930. The highest BCUT2D eigenvalue weighted by Gasteiger charge is 2.21. The van der Waals surface area contributed by atoms with Crippen molar-refractivity contribution >= 4 is 34.9 Å². The summed E-state index contributed by atoms with van der Waals surface area (Å²) in [5, 5.41) is 3.84. The Morgan fingerprint density at radius 3 is 2.89 bits per heavy atom. The van der Waals surface area contributed by atoms with Crippen LogP contribution < -0.4 is 5.32 Å². The molecule has 0 spiro atoms. The van der Waals surface area contributed by atoms with E-state index in [-0.39, 0.29) is 6.03 Å². The number of anilines is 1. The highest BCUT2D eigenvalue weighted by atomic mass is 35.5. The molecule has 1 fully saturated rings. The number of likely N-dealkylation sites (tertiary alicyclic amines) is 1. The number of hydrogen-bond acceptors (Lipinski definition) is 1. The second kappa shape index (κ2) is 5.81. The maximum absolute atomic E-state index is 12.1. The summed E-state index contributed by atoms with van der Waals surface area (Å²) in [4.78, 5) is 13.9. The number of halogens is 2. The molecule has 98 valence electrons. The van der Waals surface area contributed by atoms with Gasteiger partial charge in [0.15, 0.2) is 0 Å². The Labute approximate surface area is 117 Å². The van der Waals surface area contributed by atoms with Crippen LogP contribution in [0.25, 0.3) is 0 Å². The van der Waals surface area contributed by atoms with Gasteiger partial charge in [-0.2, -0.15) is 0 Å². The fourth-order valence-corrected chi connectivity index (χ4v) is 2.61. The van der Waals surface area contributed by atoms with E-state index in [9.17, 15) is 4.79 Å². The van der Waals surface area contributed by atoms with Crippen LogP contribution in [0.2, 0.25) is 10.0 Å². The summed E-state index contributed by atoms with van der Waals surface area (Å²) >= 11 is 11.8. The van der Waals surface area contributed by atoms with E-state index in [4.69, 9.17) is 23.2 Å². The normalized spacial score (nSPS) is 19.7. The monoisotopic (exact) mass is 286 g/mol. The minimum absolute atomic E-state index is 0.0919. The molecule has 0 radical (unpaired) electrons. The van der Waals surface area contributed by atoms with Gasteiger partial charge in [-0.25, -0.2) is 4.79 Å². The van der Waals surface area contributed by atoms with Gasteiger partial charge >= 0.3 is 6.03 Å². The lowest BCUT2D eigenvalue weighted by molar-refractivity contribution is 0.182. The second-order valence-corrected chi connectivity index (χ2v) is 5.59. The molecular formula is C13H16Cl2N2O. The summed E-state index contributed by atoms with van der Waals surface area (Å²) in [5.41, 5.74) is 0.601. The van der Waals surface area contributed by atoms with Gasteiger partial charge < -0.3 is 10.2 Å². The van der Waals surface area contributed by atoms with Gasteiger partial charge in [0.2, 0.25) is 0 Å². The molecule has 0 aliphatic carbocycles. The Morgan fingerprint density at radius 2 is 2.22 bits per heavy atom. The molecule has 3 nitrogen and oxygen atoms in total. The summed E-state index contributed by atoms with van der Waals surface area (Å²) in [5.74, 6) is 0.560. The van der Waals surface area contributed by atoms with E-state index in [0.29, 0.717) is 21.7 Å². The average molecular weight is 287 g/mol. The first kappa shape index (κ1) is 13.5. The predicted octanol–water partition coefficient (Wildman–Crippen LogP) is 4.26. The largest absolute Gasteiger partial charge is 0.324 e. The first-order chi connectivity index (χ1) is 8.56. The number of piperidine rings is 1. The van der Waals surface area contributed by atoms with E-state index in [1.165, 1.54) is 6.42 Å². The average Bonchev–Trinajstić information content (AvgIpc) is 2.32. The lowest BCUT2D eigenvalue weighted by Gasteiger charge is -2.31. The molecule has 1 aliphatic heterocycles. The van der Waals surface area contributed by atoms with Crippen molar-refractivity contribution < 1.29 is 4.79 Å². The molecule has 1 atom stereocenters. The van der Waals surface area contributed by atoms with E-state index in [1.54, 1.807) is 18.2 Å². The second-order valence-electron chi connectivity index (χ2n) is 4.75. The van der Waals surface area contributed by atoms with Crippen LogP contribution in [0.15, 0.2) is 18.2 Å². The smallest absolute Gasteiger partial charge is 0.321 e. The first-order valence-corrected chi connectivity index (χ1v) is 6.83. The van der Waals surface area contributed by atoms with Crippen molar-refractivity contribution in [1.29, 1.82) is 0 Å². The third-order valence-corrected chi connectivity index (χ3v) is 3.66. The Morgan fingerprint density at radius 1 is 1.44 bits per heavy atom. The summed E-state index contributed by atoms with van der Waals surface area (Å²) in [6.45, 7) is 3.77. The van der Waals surface area contributed by atoms with Gasteiger partial charge in [-0.3, -0.25) is 0 Å². The van der Waals surface area contributed by atoms with Gasteiger partial charge in [0.1, 0.15) is 0 Å². The molecule has 2 amide bonds. The molecule has 5 heteroatoms. The number of amides is 2. The maximum atomic E-state index is 12.1. The minimum Gasteiger partial charge on any atom is -0.324 e. The molecule has 0 saturated carbocycles. The summed E-state index contributed by atoms with van der Waals surface area (Å²) in [7, 11) is 0. The van der Waals surface area contributed by atoms with Crippen molar-refractivity contribution in [2.75, 3.05) is 18.4 Å². The van der Waals surface area contributed by atoms with Crippen molar-refractivity contribution in [3.63, 3.8) is 0 Å². The topological polar surface area (TPSA) is 32.3 Å². The van der Waals surface area contributed by atoms with Gasteiger partial charge in [-0.05, 0) is 37.0 Å². The molecule has 1 aliphatic rings. The Balaban J connectivity index is 2.02. The zero-order chi connectivity index (χ0) is 13.1. The zero-order valence-electron chi connectivity index (χ0n) is 10.2. The van der Waals surface area contributed by atoms with Crippen LogP contribution in [0.1, 0.15) is 19.8 Å². The van der Waals surface area contributed by atoms with Gasteiger partial charge in [-0.15, -0.1) is 0 Å². The standard InChI is InChI=1S/C13H16Cl2N2O/c1-9-3-2-6-17(8-9)13(18)16-12-5-4-10(14)7-11(12)15/h4-5,7,9H,2-3,6,8H2,1H3,(H,16,18). The maximum Gasteiger partial charge on any atom is 0.321 e. The van der Waals surface area contributed by atoms with Crippen LogP contribution >= 0.6 is 23.2 Å². The van der Waals surface area contributed by atoms with Crippen LogP contribution in [-0.4, -0.2) is 24.0 Å². The number of benzene rings is 1. The van der Waals surface area contributed by atoms with Crippen molar-refractivity contribution in [2.24, 2.45) is 5.92 Å². The molecule has 0 bridgehead atoms. The van der Waals surface area contributed by atoms with E-state index in [0.717, 1.165) is 19.5 Å². The molecule has 1 aromatic carbocycles. The van der Waals surface area contributed by atoms with Crippen LogP contribution in [0.3, 0.4) is 0 Å². The van der Waals surface area contributed by atoms with Crippen LogP contribution in [0, 0.1) is 5.92 Å². The van der Waals surface area contributed by atoms with Gasteiger partial charge in [0.05, 0.1) is 10.7 Å². The number of hydrogen-bond donors (Lipinski definition) is 1. The fraction of sp³-hybridized carbons (Fsp3) is 0.462. The quantitative estimate of drug-likeness (QED) is 0.822. The number of nitrogens with zero attached hydrogens (tertiary/aromatic N) is 1. The lowest BCUT2D eigenvalue weighted by atomic mass is 10.0. The van der Waals surface area contributed by atoms with Crippen molar-refractivity contribution in [3.05, 3.63) is 28.2 Å². The summed E-state index contributed by atoms with van der Waals surface area (Å²) in [6.07, 6.45) is 2.24. The Bertz CT molecular complexity index is 451. The highest BCUT2D eigenvalue weighted by molar-refractivity contribution is 6.36. The minimum atomic E-state index is -0.0919. The molecule has 1 unspecified atom stereocenters. The highest BCUT2D eigenvalue weighted by Crippen LogP contribution is 2.26. The van der Waals surface area contributed by atoms with Crippen molar-refractivity contribution in [1.82, 2.24) is 4.90 Å². The number of rotatable bonds is 1. The summed E-state index contributed by atoms with van der Waals surface area (Å²) in [6, 6.07) is 4.96. The number of carbonyl (C=O) groups is 1. The molecule has 1 heterocycles. The predicted molar refractivity (Wildman–Crippen MR) is 75.5 cm³/mol. The van der Waals surface area contributed by atoms with Gasteiger partial charge in [0, 0.05) is 18.1 Å².